The average molecular weight is 368 g/mol. The molecule has 0 atom stereocenters. The van der Waals surface area contributed by atoms with E-state index in [4.69, 9.17) is 0 Å². The van der Waals surface area contributed by atoms with Crippen LogP contribution in [0.2, 0.25) is 0 Å². The molecule has 2 aromatic rings. The summed E-state index contributed by atoms with van der Waals surface area (Å²) in [6, 6.07) is 6.30. The molecule has 0 fully saturated rings. The predicted molar refractivity (Wildman–Crippen MR) is 96.1 cm³/mol. The molecular weight excluding hydrogens is 345 g/mol. The van der Waals surface area contributed by atoms with Gasteiger partial charge in [-0.2, -0.15) is 13.2 Å². The van der Waals surface area contributed by atoms with Crippen molar-refractivity contribution in [1.29, 1.82) is 0 Å². The van der Waals surface area contributed by atoms with Crippen LogP contribution in [-0.2, 0) is 12.7 Å². The summed E-state index contributed by atoms with van der Waals surface area (Å²) in [5.41, 5.74) is -0.750. The molecule has 3 N–H and O–H groups in total. The third-order valence-corrected chi connectivity index (χ3v) is 3.60. The summed E-state index contributed by atoms with van der Waals surface area (Å²) < 4.78 is 39.5. The Labute approximate surface area is 150 Å². The molecule has 0 amide bonds. The quantitative estimate of drug-likeness (QED) is 0.381. The number of alkyl halides is 3. The van der Waals surface area contributed by atoms with Crippen LogP contribution in [0, 0.1) is 0 Å². The molecule has 0 unspecified atom stereocenters. The van der Waals surface area contributed by atoms with Crippen LogP contribution in [0.15, 0.2) is 47.8 Å². The van der Waals surface area contributed by atoms with E-state index in [9.17, 15) is 13.2 Å². The number of halogens is 3. The van der Waals surface area contributed by atoms with Crippen molar-refractivity contribution in [3.8, 4) is 0 Å². The summed E-state index contributed by atoms with van der Waals surface area (Å²) in [7, 11) is 1.70. The Balaban J connectivity index is 1.60. The number of nitrogens with zero attached hydrogens (tertiary/aromatic N) is 3. The van der Waals surface area contributed by atoms with Crippen molar-refractivity contribution in [2.45, 2.75) is 19.1 Å². The Bertz CT molecular complexity index is 665. The van der Waals surface area contributed by atoms with E-state index in [1.54, 1.807) is 7.05 Å². The van der Waals surface area contributed by atoms with Gasteiger partial charge in [0, 0.05) is 51.8 Å². The molecule has 6 nitrogen and oxygen atoms in total. The first-order chi connectivity index (χ1) is 12.5. The van der Waals surface area contributed by atoms with Gasteiger partial charge in [-0.15, -0.1) is 0 Å². The lowest BCUT2D eigenvalue weighted by Gasteiger charge is -2.13. The normalized spacial score (nSPS) is 12.1. The van der Waals surface area contributed by atoms with Crippen LogP contribution in [-0.4, -0.2) is 42.2 Å². The smallest absolute Gasteiger partial charge is 0.370 e. The van der Waals surface area contributed by atoms with Crippen LogP contribution < -0.4 is 16.0 Å². The summed E-state index contributed by atoms with van der Waals surface area (Å²) in [4.78, 5) is 7.91. The number of aliphatic imine (C=N–C) groups is 1. The minimum absolute atomic E-state index is 0.423. The second-order valence-corrected chi connectivity index (χ2v) is 5.56. The van der Waals surface area contributed by atoms with Crippen molar-refractivity contribution in [1.82, 2.24) is 20.2 Å². The maximum Gasteiger partial charge on any atom is 0.417 e. The van der Waals surface area contributed by atoms with Gasteiger partial charge in [-0.25, -0.2) is 4.98 Å². The van der Waals surface area contributed by atoms with Crippen LogP contribution in [0.25, 0.3) is 0 Å². The number of aromatic nitrogens is 2. The summed E-state index contributed by atoms with van der Waals surface area (Å²) in [6.07, 6.45) is 1.23. The summed E-state index contributed by atoms with van der Waals surface area (Å²) in [6.45, 7) is 2.86. The highest BCUT2D eigenvalue weighted by atomic mass is 19.4. The minimum Gasteiger partial charge on any atom is -0.370 e. The zero-order valence-corrected chi connectivity index (χ0v) is 14.6. The van der Waals surface area contributed by atoms with E-state index in [1.165, 1.54) is 6.07 Å². The molecule has 0 spiro atoms. The Hall–Kier alpha value is -2.71. The van der Waals surface area contributed by atoms with E-state index in [-0.39, 0.29) is 0 Å². The third-order valence-electron chi connectivity index (χ3n) is 3.60. The molecule has 2 heterocycles. The number of rotatable bonds is 8. The Morgan fingerprint density at radius 2 is 1.85 bits per heavy atom. The predicted octanol–water partition coefficient (Wildman–Crippen LogP) is 2.57. The van der Waals surface area contributed by atoms with Gasteiger partial charge in [0.2, 0.25) is 0 Å². The Morgan fingerprint density at radius 3 is 2.46 bits per heavy atom. The van der Waals surface area contributed by atoms with E-state index in [1.807, 2.05) is 24.5 Å². The number of hydrogen-bond donors (Lipinski definition) is 3. The second-order valence-electron chi connectivity index (χ2n) is 5.56. The zero-order chi connectivity index (χ0) is 18.8. The summed E-state index contributed by atoms with van der Waals surface area (Å²) in [5, 5.41) is 9.40. The minimum atomic E-state index is -4.36. The fraction of sp³-hybridized carbons (Fsp3) is 0.412. The first-order valence-corrected chi connectivity index (χ1v) is 8.31. The van der Waals surface area contributed by atoms with Crippen molar-refractivity contribution in [2.75, 3.05) is 32.0 Å². The van der Waals surface area contributed by atoms with Gasteiger partial charge in [0.05, 0.1) is 5.56 Å². The topological polar surface area (TPSA) is 66.3 Å². The van der Waals surface area contributed by atoms with Gasteiger partial charge < -0.3 is 20.5 Å². The molecule has 0 bridgehead atoms. The lowest BCUT2D eigenvalue weighted by molar-refractivity contribution is -0.137. The molecule has 0 saturated carbocycles. The lowest BCUT2D eigenvalue weighted by atomic mass is 10.3. The first-order valence-electron chi connectivity index (χ1n) is 8.31. The molecule has 0 aliphatic heterocycles. The highest BCUT2D eigenvalue weighted by Gasteiger charge is 2.30. The van der Waals surface area contributed by atoms with Gasteiger partial charge in [-0.1, -0.05) is 0 Å². The molecule has 2 rings (SSSR count). The molecule has 0 aliphatic carbocycles. The second kappa shape index (κ2) is 9.69. The highest BCUT2D eigenvalue weighted by molar-refractivity contribution is 5.79. The molecule has 26 heavy (non-hydrogen) atoms. The Morgan fingerprint density at radius 1 is 1.12 bits per heavy atom. The number of anilines is 1. The van der Waals surface area contributed by atoms with Gasteiger partial charge in [0.15, 0.2) is 5.96 Å². The van der Waals surface area contributed by atoms with Crippen molar-refractivity contribution in [2.24, 2.45) is 4.99 Å². The number of pyridine rings is 1. The van der Waals surface area contributed by atoms with Crippen molar-refractivity contribution in [3.63, 3.8) is 0 Å². The van der Waals surface area contributed by atoms with Crippen LogP contribution >= 0.6 is 0 Å². The molecule has 0 aliphatic rings. The van der Waals surface area contributed by atoms with Gasteiger partial charge in [0.1, 0.15) is 5.82 Å². The molecule has 9 heteroatoms. The lowest BCUT2D eigenvalue weighted by Crippen LogP contribution is -2.39. The fourth-order valence-electron chi connectivity index (χ4n) is 2.22. The SMILES string of the molecule is CN=C(NCCCNc1ccc(C(F)(F)F)cn1)NCCn1cccc1. The maximum atomic E-state index is 12.5. The number of nitrogens with one attached hydrogen (secondary N) is 3. The molecule has 0 saturated heterocycles. The molecule has 142 valence electrons. The van der Waals surface area contributed by atoms with Crippen molar-refractivity contribution >= 4 is 11.8 Å². The van der Waals surface area contributed by atoms with Crippen LogP contribution in [0.4, 0.5) is 19.0 Å². The van der Waals surface area contributed by atoms with Gasteiger partial charge >= 0.3 is 6.18 Å². The number of hydrogen-bond acceptors (Lipinski definition) is 3. The van der Waals surface area contributed by atoms with E-state index in [0.717, 1.165) is 31.8 Å². The molecule has 2 aromatic heterocycles. The third kappa shape index (κ3) is 6.66. The van der Waals surface area contributed by atoms with Gasteiger partial charge in [-0.05, 0) is 30.7 Å². The van der Waals surface area contributed by atoms with Gasteiger partial charge in [0.25, 0.3) is 0 Å². The van der Waals surface area contributed by atoms with E-state index in [0.29, 0.717) is 24.9 Å². The zero-order valence-electron chi connectivity index (χ0n) is 14.6. The standard InChI is InChI=1S/C17H23F3N6/c1-21-16(24-9-12-26-10-2-3-11-26)23-8-4-7-22-15-6-5-14(13-25-15)17(18,19)20/h2-3,5-6,10-11,13H,4,7-9,12H2,1H3,(H,22,25)(H2,21,23,24). The average Bonchev–Trinajstić information content (AvgIpc) is 3.13. The van der Waals surface area contributed by atoms with Crippen molar-refractivity contribution < 1.29 is 13.2 Å². The van der Waals surface area contributed by atoms with Crippen LogP contribution in [0.1, 0.15) is 12.0 Å². The van der Waals surface area contributed by atoms with Crippen molar-refractivity contribution in [3.05, 3.63) is 48.4 Å². The number of guanidine groups is 1. The molecule has 0 radical (unpaired) electrons. The first kappa shape index (κ1) is 19.6. The fourth-order valence-corrected chi connectivity index (χ4v) is 2.22. The summed E-state index contributed by atoms with van der Waals surface area (Å²) in [5.74, 6) is 1.14. The summed E-state index contributed by atoms with van der Waals surface area (Å²) >= 11 is 0. The van der Waals surface area contributed by atoms with E-state index >= 15 is 0 Å². The van der Waals surface area contributed by atoms with Gasteiger partial charge in [-0.3, -0.25) is 4.99 Å². The molecule has 0 aromatic carbocycles. The van der Waals surface area contributed by atoms with Crippen LogP contribution in [0.5, 0.6) is 0 Å². The maximum absolute atomic E-state index is 12.5. The Kier molecular flexibility index (Phi) is 7.31. The van der Waals surface area contributed by atoms with Crippen LogP contribution in [0.3, 0.4) is 0 Å². The highest BCUT2D eigenvalue weighted by Crippen LogP contribution is 2.28. The molecular formula is C17H23F3N6. The largest absolute Gasteiger partial charge is 0.417 e. The monoisotopic (exact) mass is 368 g/mol. The van der Waals surface area contributed by atoms with E-state index < -0.39 is 11.7 Å². The van der Waals surface area contributed by atoms with E-state index in [2.05, 4.69) is 30.5 Å².